The highest BCUT2D eigenvalue weighted by Crippen LogP contribution is 2.29. The molecule has 0 unspecified atom stereocenters. The number of rotatable bonds is 5. The Morgan fingerprint density at radius 2 is 2.03 bits per heavy atom. The number of aliphatic carboxylic acids is 1. The fraction of sp³-hybridized carbons (Fsp3) is 0.471. The first kappa shape index (κ1) is 24.8. The topological polar surface area (TPSA) is 199 Å². The number of allylic oxidation sites excluding steroid dienone is 1. The van der Waals surface area contributed by atoms with Crippen molar-refractivity contribution in [1.82, 2.24) is 19.5 Å². The number of aromatic nitrogens is 4. The number of carbonyl (C=O) groups excluding carboxylic acids is 1. The van der Waals surface area contributed by atoms with E-state index in [0.29, 0.717) is 12.1 Å². The standard InChI is InChI=1S/C15H20N6O4.C2HF3O2/c1-7(22)10(16)14(24)25-5-8-2-3-9(4-8)21-6-18-11-12(21)19-15(17)20-13(11)23;3-2(4,5)1(6)7/h2-3,6-10,22H,4-5,16H2,1H3,(H3,17,19,20,23);(H,6,7)/t7-,8-,9+,10+;/m1./s1. The lowest BCUT2D eigenvalue weighted by molar-refractivity contribution is -0.192. The number of anilines is 1. The van der Waals surface area contributed by atoms with E-state index in [9.17, 15) is 27.9 Å². The van der Waals surface area contributed by atoms with Crippen molar-refractivity contribution in [2.45, 2.75) is 37.7 Å². The van der Waals surface area contributed by atoms with Crippen LogP contribution in [0.1, 0.15) is 19.4 Å². The van der Waals surface area contributed by atoms with Crippen molar-refractivity contribution in [3.8, 4) is 0 Å². The lowest BCUT2D eigenvalue weighted by atomic mass is 10.1. The number of imidazole rings is 1. The van der Waals surface area contributed by atoms with Crippen molar-refractivity contribution < 1.29 is 37.7 Å². The Morgan fingerprint density at radius 1 is 1.41 bits per heavy atom. The maximum Gasteiger partial charge on any atom is 0.490 e. The van der Waals surface area contributed by atoms with E-state index < -0.39 is 30.3 Å². The number of esters is 1. The zero-order valence-corrected chi connectivity index (χ0v) is 16.6. The molecule has 0 aromatic carbocycles. The van der Waals surface area contributed by atoms with Gasteiger partial charge in [0.15, 0.2) is 11.2 Å². The van der Waals surface area contributed by atoms with Crippen LogP contribution in [0, 0.1) is 5.92 Å². The van der Waals surface area contributed by atoms with Gasteiger partial charge in [0, 0.05) is 5.92 Å². The normalized spacial score (nSPS) is 19.8. The van der Waals surface area contributed by atoms with E-state index in [1.807, 2.05) is 12.2 Å². The van der Waals surface area contributed by atoms with Crippen LogP contribution in [0.3, 0.4) is 0 Å². The number of carboxylic acid groups (broad SMARTS) is 1. The molecule has 1 aliphatic carbocycles. The highest BCUT2D eigenvalue weighted by atomic mass is 19.4. The first-order valence-electron chi connectivity index (χ1n) is 9.12. The molecule has 1 aliphatic rings. The largest absolute Gasteiger partial charge is 0.490 e. The minimum absolute atomic E-state index is 0.00746. The van der Waals surface area contributed by atoms with Gasteiger partial charge in [-0.05, 0) is 13.3 Å². The van der Waals surface area contributed by atoms with E-state index in [1.54, 1.807) is 10.9 Å². The van der Waals surface area contributed by atoms with Crippen molar-refractivity contribution in [2.24, 2.45) is 11.7 Å². The zero-order chi connectivity index (χ0) is 24.2. The number of hydrogen-bond donors (Lipinski definition) is 5. The maximum absolute atomic E-state index is 11.8. The minimum Gasteiger partial charge on any atom is -0.475 e. The summed E-state index contributed by atoms with van der Waals surface area (Å²) in [6.45, 7) is 1.59. The molecule has 7 N–H and O–H groups in total. The summed E-state index contributed by atoms with van der Waals surface area (Å²) in [5, 5.41) is 16.4. The van der Waals surface area contributed by atoms with Crippen molar-refractivity contribution in [2.75, 3.05) is 12.3 Å². The molecular formula is C17H21F3N6O6. The van der Waals surface area contributed by atoms with E-state index >= 15 is 0 Å². The Labute approximate surface area is 177 Å². The van der Waals surface area contributed by atoms with Gasteiger partial charge in [-0.1, -0.05) is 12.2 Å². The average molecular weight is 462 g/mol. The second-order valence-corrected chi connectivity index (χ2v) is 6.92. The number of carbonyl (C=O) groups is 2. The molecule has 2 aromatic heterocycles. The fourth-order valence-corrected chi connectivity index (χ4v) is 2.75. The van der Waals surface area contributed by atoms with Crippen LogP contribution in [0.5, 0.6) is 0 Å². The lowest BCUT2D eigenvalue weighted by Crippen LogP contribution is -2.41. The SMILES string of the molecule is C[C@@H](O)[C@H](N)C(=O)OC[C@@H]1C=C[C@H](n2cnc3c(=O)[nH]c(N)nc32)C1.O=C(O)C(F)(F)F. The number of nitrogens with one attached hydrogen (secondary N) is 1. The third-order valence-corrected chi connectivity index (χ3v) is 4.43. The van der Waals surface area contributed by atoms with Gasteiger partial charge in [0.2, 0.25) is 5.95 Å². The van der Waals surface area contributed by atoms with Crippen LogP contribution in [0.25, 0.3) is 11.2 Å². The molecule has 2 aromatic rings. The van der Waals surface area contributed by atoms with E-state index in [1.165, 1.54) is 6.92 Å². The Kier molecular flexibility index (Phi) is 7.58. The summed E-state index contributed by atoms with van der Waals surface area (Å²) in [4.78, 5) is 43.0. The molecule has 3 rings (SSSR count). The zero-order valence-electron chi connectivity index (χ0n) is 16.6. The maximum atomic E-state index is 11.8. The van der Waals surface area contributed by atoms with Gasteiger partial charge in [-0.25, -0.2) is 9.78 Å². The number of alkyl halides is 3. The molecule has 0 fully saturated rings. The third-order valence-electron chi connectivity index (χ3n) is 4.43. The average Bonchev–Trinajstić information content (AvgIpc) is 3.31. The predicted octanol–water partition coefficient (Wildman–Crippen LogP) is -0.296. The first-order valence-corrected chi connectivity index (χ1v) is 9.12. The van der Waals surface area contributed by atoms with Crippen LogP contribution in [0.2, 0.25) is 0 Å². The first-order chi connectivity index (χ1) is 14.8. The van der Waals surface area contributed by atoms with Crippen LogP contribution >= 0.6 is 0 Å². The second-order valence-electron chi connectivity index (χ2n) is 6.92. The number of hydrogen-bond acceptors (Lipinski definition) is 9. The second kappa shape index (κ2) is 9.78. The summed E-state index contributed by atoms with van der Waals surface area (Å²) in [6.07, 6.45) is 0.00348. The predicted molar refractivity (Wildman–Crippen MR) is 103 cm³/mol. The van der Waals surface area contributed by atoms with Crippen molar-refractivity contribution in [3.63, 3.8) is 0 Å². The number of nitrogens with zero attached hydrogens (tertiary/aromatic N) is 3. The number of nitrogens with two attached hydrogens (primary N) is 2. The van der Waals surface area contributed by atoms with E-state index in [4.69, 9.17) is 26.1 Å². The smallest absolute Gasteiger partial charge is 0.475 e. The molecule has 15 heteroatoms. The van der Waals surface area contributed by atoms with Gasteiger partial charge in [0.05, 0.1) is 25.1 Å². The summed E-state index contributed by atoms with van der Waals surface area (Å²) in [5.41, 5.74) is 11.4. The Morgan fingerprint density at radius 3 is 2.59 bits per heavy atom. The molecule has 4 atom stereocenters. The Bertz CT molecular complexity index is 1060. The van der Waals surface area contributed by atoms with Gasteiger partial charge < -0.3 is 31.0 Å². The van der Waals surface area contributed by atoms with Crippen molar-refractivity contribution in [3.05, 3.63) is 28.8 Å². The van der Waals surface area contributed by atoms with E-state index in [2.05, 4.69) is 15.0 Å². The van der Waals surface area contributed by atoms with Gasteiger partial charge in [0.25, 0.3) is 5.56 Å². The fourth-order valence-electron chi connectivity index (χ4n) is 2.75. The number of aliphatic hydroxyl groups excluding tert-OH is 1. The van der Waals surface area contributed by atoms with Gasteiger partial charge in [-0.2, -0.15) is 18.2 Å². The number of halogens is 3. The monoisotopic (exact) mass is 462 g/mol. The number of fused-ring (bicyclic) bond motifs is 1. The summed E-state index contributed by atoms with van der Waals surface area (Å²) >= 11 is 0. The number of aromatic amines is 1. The third kappa shape index (κ3) is 6.04. The molecule has 176 valence electrons. The summed E-state index contributed by atoms with van der Waals surface area (Å²) in [6, 6.07) is -1.13. The number of ether oxygens (including phenoxy) is 1. The van der Waals surface area contributed by atoms with Crippen molar-refractivity contribution in [1.29, 1.82) is 0 Å². The molecule has 12 nitrogen and oxygen atoms in total. The molecule has 0 saturated carbocycles. The van der Waals surface area contributed by atoms with Crippen LogP contribution < -0.4 is 17.0 Å². The molecule has 32 heavy (non-hydrogen) atoms. The number of H-pyrrole nitrogens is 1. The summed E-state index contributed by atoms with van der Waals surface area (Å²) in [7, 11) is 0. The Hall–Kier alpha value is -3.46. The van der Waals surface area contributed by atoms with E-state index in [-0.39, 0.29) is 35.6 Å². The van der Waals surface area contributed by atoms with Crippen molar-refractivity contribution >= 4 is 29.1 Å². The molecule has 0 amide bonds. The number of carboxylic acids is 1. The molecule has 0 bridgehead atoms. The molecule has 0 spiro atoms. The summed E-state index contributed by atoms with van der Waals surface area (Å²) < 4.78 is 38.7. The quantitative estimate of drug-likeness (QED) is 0.290. The van der Waals surface area contributed by atoms with Crippen LogP contribution in [-0.4, -0.2) is 66.6 Å². The summed E-state index contributed by atoms with van der Waals surface area (Å²) in [5.74, 6) is -3.38. The van der Waals surface area contributed by atoms with Gasteiger partial charge in [-0.3, -0.25) is 14.6 Å². The molecule has 2 heterocycles. The molecule has 0 aliphatic heterocycles. The highest BCUT2D eigenvalue weighted by Gasteiger charge is 2.38. The van der Waals surface area contributed by atoms with Gasteiger partial charge in [-0.15, -0.1) is 0 Å². The van der Waals surface area contributed by atoms with Crippen LogP contribution in [-0.2, 0) is 14.3 Å². The number of nitrogen functional groups attached to an aromatic ring is 1. The van der Waals surface area contributed by atoms with Crippen LogP contribution in [0.4, 0.5) is 19.1 Å². The minimum atomic E-state index is -5.08. The highest BCUT2D eigenvalue weighted by molar-refractivity contribution is 5.76. The van der Waals surface area contributed by atoms with Gasteiger partial charge in [0.1, 0.15) is 6.04 Å². The van der Waals surface area contributed by atoms with Gasteiger partial charge >= 0.3 is 18.1 Å². The molecular weight excluding hydrogens is 441 g/mol. The lowest BCUT2D eigenvalue weighted by Gasteiger charge is -2.17. The number of aliphatic hydroxyl groups is 1. The molecule has 0 saturated heterocycles. The van der Waals surface area contributed by atoms with E-state index in [0.717, 1.165) is 0 Å². The molecule has 0 radical (unpaired) electrons. The Balaban J connectivity index is 0.000000451. The van der Waals surface area contributed by atoms with Crippen LogP contribution in [0.15, 0.2) is 23.3 Å².